The van der Waals surface area contributed by atoms with Crippen molar-refractivity contribution < 1.29 is 9.53 Å². The Labute approximate surface area is 67.9 Å². The van der Waals surface area contributed by atoms with Crippen molar-refractivity contribution in [2.24, 2.45) is 11.8 Å². The Balaban J connectivity index is 2.30. The molecule has 0 N–H and O–H groups in total. The maximum absolute atomic E-state index is 10.9. The zero-order chi connectivity index (χ0) is 8.27. The zero-order valence-electron chi connectivity index (χ0n) is 7.30. The summed E-state index contributed by atoms with van der Waals surface area (Å²) in [5, 5.41) is 0. The molecule has 1 aliphatic rings. The van der Waals surface area contributed by atoms with Gasteiger partial charge in [0, 0.05) is 6.42 Å². The molecule has 2 atom stereocenters. The molecule has 0 aliphatic heterocycles. The number of ether oxygens (including phenoxy) is 1. The minimum Gasteiger partial charge on any atom is -0.469 e. The molecule has 0 aromatic heterocycles. The molecule has 2 nitrogen and oxygen atoms in total. The summed E-state index contributed by atoms with van der Waals surface area (Å²) in [7, 11) is 1.46. The van der Waals surface area contributed by atoms with Gasteiger partial charge in [-0.3, -0.25) is 4.79 Å². The maximum atomic E-state index is 10.9. The number of hydrogen-bond acceptors (Lipinski definition) is 2. The van der Waals surface area contributed by atoms with E-state index in [4.69, 9.17) is 0 Å². The first-order valence-corrected chi connectivity index (χ1v) is 4.31. The van der Waals surface area contributed by atoms with Crippen molar-refractivity contribution in [2.75, 3.05) is 7.11 Å². The van der Waals surface area contributed by atoms with Crippen LogP contribution in [0.3, 0.4) is 0 Å². The lowest BCUT2D eigenvalue weighted by molar-refractivity contribution is -0.141. The van der Waals surface area contributed by atoms with Gasteiger partial charge < -0.3 is 4.74 Å². The monoisotopic (exact) mass is 156 g/mol. The Hall–Kier alpha value is -0.530. The van der Waals surface area contributed by atoms with E-state index in [0.717, 1.165) is 0 Å². The Kier molecular flexibility index (Phi) is 2.92. The molecule has 0 aromatic rings. The summed E-state index contributed by atoms with van der Waals surface area (Å²) in [4.78, 5) is 10.9. The second-order valence-electron chi connectivity index (χ2n) is 3.45. The molecule has 2 heteroatoms. The van der Waals surface area contributed by atoms with Crippen LogP contribution in [0.15, 0.2) is 0 Å². The maximum Gasteiger partial charge on any atom is 0.305 e. The summed E-state index contributed by atoms with van der Waals surface area (Å²) >= 11 is 0. The van der Waals surface area contributed by atoms with Crippen molar-refractivity contribution in [3.63, 3.8) is 0 Å². The number of methoxy groups -OCH3 is 1. The number of carbonyl (C=O) groups excluding carboxylic acids is 1. The first kappa shape index (κ1) is 8.57. The minimum absolute atomic E-state index is 0.0521. The molecule has 0 amide bonds. The summed E-state index contributed by atoms with van der Waals surface area (Å²) in [6.07, 6.45) is 4.39. The van der Waals surface area contributed by atoms with Crippen LogP contribution in [0, 0.1) is 11.8 Å². The van der Waals surface area contributed by atoms with E-state index in [9.17, 15) is 4.79 Å². The second-order valence-corrected chi connectivity index (χ2v) is 3.45. The predicted octanol–water partition coefficient (Wildman–Crippen LogP) is 1.99. The van der Waals surface area contributed by atoms with Crippen LogP contribution in [0.1, 0.15) is 32.6 Å². The van der Waals surface area contributed by atoms with Crippen LogP contribution in [0.25, 0.3) is 0 Å². The molecule has 64 valence electrons. The van der Waals surface area contributed by atoms with E-state index < -0.39 is 0 Å². The molecule has 1 fully saturated rings. The van der Waals surface area contributed by atoms with Gasteiger partial charge in [-0.1, -0.05) is 19.8 Å². The second kappa shape index (κ2) is 3.74. The number of esters is 1. The van der Waals surface area contributed by atoms with Crippen LogP contribution in [0.5, 0.6) is 0 Å². The Bertz CT molecular complexity index is 142. The molecule has 1 rings (SSSR count). The fourth-order valence-corrected chi connectivity index (χ4v) is 1.82. The molecular weight excluding hydrogens is 140 g/mol. The lowest BCUT2D eigenvalue weighted by Crippen LogP contribution is -2.11. The quantitative estimate of drug-likeness (QED) is 0.571. The summed E-state index contributed by atoms with van der Waals surface area (Å²) in [6, 6.07) is 0. The number of rotatable bonds is 2. The van der Waals surface area contributed by atoms with E-state index in [-0.39, 0.29) is 5.97 Å². The van der Waals surface area contributed by atoms with Crippen molar-refractivity contribution in [2.45, 2.75) is 32.6 Å². The van der Waals surface area contributed by atoms with Gasteiger partial charge in [0.15, 0.2) is 0 Å². The topological polar surface area (TPSA) is 26.3 Å². The fraction of sp³-hybridized carbons (Fsp3) is 0.889. The van der Waals surface area contributed by atoms with E-state index in [1.165, 1.54) is 26.4 Å². The summed E-state index contributed by atoms with van der Waals surface area (Å²) in [5.74, 6) is 1.25. The van der Waals surface area contributed by atoms with Crippen LogP contribution in [-0.4, -0.2) is 13.1 Å². The van der Waals surface area contributed by atoms with Crippen LogP contribution in [-0.2, 0) is 9.53 Å². The van der Waals surface area contributed by atoms with Crippen molar-refractivity contribution in [3.05, 3.63) is 0 Å². The molecule has 0 aromatic carbocycles. The van der Waals surface area contributed by atoms with E-state index in [2.05, 4.69) is 11.7 Å². The minimum atomic E-state index is -0.0521. The van der Waals surface area contributed by atoms with Crippen LogP contribution >= 0.6 is 0 Å². The largest absolute Gasteiger partial charge is 0.469 e. The first-order chi connectivity index (χ1) is 5.24. The van der Waals surface area contributed by atoms with Crippen molar-refractivity contribution in [1.29, 1.82) is 0 Å². The normalized spacial score (nSPS) is 30.4. The molecule has 0 bridgehead atoms. The van der Waals surface area contributed by atoms with Crippen molar-refractivity contribution >= 4 is 5.97 Å². The average Bonchev–Trinajstić information content (AvgIpc) is 2.37. The van der Waals surface area contributed by atoms with Crippen LogP contribution < -0.4 is 0 Å². The predicted molar refractivity (Wildman–Crippen MR) is 43.1 cm³/mol. The van der Waals surface area contributed by atoms with Gasteiger partial charge in [-0.2, -0.15) is 0 Å². The summed E-state index contributed by atoms with van der Waals surface area (Å²) in [5.41, 5.74) is 0. The van der Waals surface area contributed by atoms with E-state index in [1.807, 2.05) is 0 Å². The zero-order valence-corrected chi connectivity index (χ0v) is 7.30. The Morgan fingerprint density at radius 3 is 2.73 bits per heavy atom. The summed E-state index contributed by atoms with van der Waals surface area (Å²) < 4.78 is 4.62. The van der Waals surface area contributed by atoms with E-state index >= 15 is 0 Å². The van der Waals surface area contributed by atoms with Crippen LogP contribution in [0.2, 0.25) is 0 Å². The van der Waals surface area contributed by atoms with Gasteiger partial charge >= 0.3 is 5.97 Å². The molecule has 1 saturated carbocycles. The summed E-state index contributed by atoms with van der Waals surface area (Å²) in [6.45, 7) is 2.22. The lowest BCUT2D eigenvalue weighted by Gasteiger charge is -2.12. The molecular formula is C9H16O2. The third-order valence-corrected chi connectivity index (χ3v) is 2.70. The van der Waals surface area contributed by atoms with Gasteiger partial charge in [-0.15, -0.1) is 0 Å². The van der Waals surface area contributed by atoms with Gasteiger partial charge in [0.2, 0.25) is 0 Å². The van der Waals surface area contributed by atoms with Gasteiger partial charge in [-0.05, 0) is 18.3 Å². The van der Waals surface area contributed by atoms with Crippen LogP contribution in [0.4, 0.5) is 0 Å². The molecule has 0 unspecified atom stereocenters. The molecule has 11 heavy (non-hydrogen) atoms. The van der Waals surface area contributed by atoms with Gasteiger partial charge in [-0.25, -0.2) is 0 Å². The molecule has 0 radical (unpaired) electrons. The van der Waals surface area contributed by atoms with E-state index in [0.29, 0.717) is 18.3 Å². The molecule has 1 aliphatic carbocycles. The highest BCUT2D eigenvalue weighted by Crippen LogP contribution is 2.33. The van der Waals surface area contributed by atoms with Crippen molar-refractivity contribution in [3.8, 4) is 0 Å². The third kappa shape index (κ3) is 2.21. The number of carbonyl (C=O) groups is 1. The SMILES string of the molecule is COC(=O)C[C@@H]1CCC[C@@H]1C. The third-order valence-electron chi connectivity index (χ3n) is 2.70. The lowest BCUT2D eigenvalue weighted by atomic mass is 9.95. The smallest absolute Gasteiger partial charge is 0.305 e. The number of hydrogen-bond donors (Lipinski definition) is 0. The molecule has 0 heterocycles. The Morgan fingerprint density at radius 1 is 1.55 bits per heavy atom. The van der Waals surface area contributed by atoms with Crippen molar-refractivity contribution in [1.82, 2.24) is 0 Å². The Morgan fingerprint density at radius 2 is 2.27 bits per heavy atom. The molecule has 0 saturated heterocycles. The first-order valence-electron chi connectivity index (χ1n) is 4.31. The van der Waals surface area contributed by atoms with Gasteiger partial charge in [0.25, 0.3) is 0 Å². The highest BCUT2D eigenvalue weighted by molar-refractivity contribution is 5.69. The van der Waals surface area contributed by atoms with Gasteiger partial charge in [0.1, 0.15) is 0 Å². The standard InChI is InChI=1S/C9H16O2/c1-7-4-3-5-8(7)6-9(10)11-2/h7-8H,3-6H2,1-2H3/t7-,8-/m0/s1. The van der Waals surface area contributed by atoms with E-state index in [1.54, 1.807) is 0 Å². The molecule has 0 spiro atoms. The van der Waals surface area contributed by atoms with Gasteiger partial charge in [0.05, 0.1) is 7.11 Å². The highest BCUT2D eigenvalue weighted by atomic mass is 16.5. The highest BCUT2D eigenvalue weighted by Gasteiger charge is 2.25. The fourth-order valence-electron chi connectivity index (χ4n) is 1.82. The average molecular weight is 156 g/mol.